The van der Waals surface area contributed by atoms with E-state index < -0.39 is 9.84 Å². The number of nitrogens with zero attached hydrogens (tertiary/aromatic N) is 2. The summed E-state index contributed by atoms with van der Waals surface area (Å²) in [5, 5.41) is 12.4. The van der Waals surface area contributed by atoms with Crippen molar-refractivity contribution in [1.82, 2.24) is 10.3 Å². The fourth-order valence-corrected chi connectivity index (χ4v) is 4.94. The van der Waals surface area contributed by atoms with Gasteiger partial charge in [-0.15, -0.1) is 0 Å². The number of nitrogens with one attached hydrogen (secondary N) is 1. The number of nitriles is 1. The molecule has 1 N–H and O–H groups in total. The number of rotatable bonds is 4. The highest BCUT2D eigenvalue weighted by Crippen LogP contribution is 2.23. The Morgan fingerprint density at radius 2 is 2.27 bits per heavy atom. The van der Waals surface area contributed by atoms with Gasteiger partial charge in [-0.05, 0) is 31.9 Å². The third kappa shape index (κ3) is 4.21. The largest absolute Gasteiger partial charge is 0.352 e. The van der Waals surface area contributed by atoms with Crippen LogP contribution in [0.4, 0.5) is 0 Å². The van der Waals surface area contributed by atoms with Gasteiger partial charge in [0.15, 0.2) is 9.84 Å². The van der Waals surface area contributed by atoms with Crippen molar-refractivity contribution in [2.45, 2.75) is 31.3 Å². The summed E-state index contributed by atoms with van der Waals surface area (Å²) in [6, 6.07) is 3.62. The van der Waals surface area contributed by atoms with Gasteiger partial charge in [0, 0.05) is 11.7 Å². The monoisotopic (exact) mass is 339 g/mol. The number of pyridine rings is 1. The van der Waals surface area contributed by atoms with Crippen LogP contribution in [0.5, 0.6) is 0 Å². The number of sulfone groups is 1. The maximum absolute atomic E-state index is 11.9. The van der Waals surface area contributed by atoms with Crippen LogP contribution in [0.15, 0.2) is 11.1 Å². The van der Waals surface area contributed by atoms with Gasteiger partial charge < -0.3 is 5.32 Å². The summed E-state index contributed by atoms with van der Waals surface area (Å²) in [4.78, 5) is 16.2. The van der Waals surface area contributed by atoms with Crippen LogP contribution in [0.2, 0.25) is 0 Å². The zero-order chi connectivity index (χ0) is 16.3. The van der Waals surface area contributed by atoms with Crippen LogP contribution in [0.1, 0.15) is 23.2 Å². The molecular weight excluding hydrogens is 322 g/mol. The molecule has 8 heteroatoms. The lowest BCUT2D eigenvalue weighted by Gasteiger charge is -2.11. The van der Waals surface area contributed by atoms with Gasteiger partial charge in [0.2, 0.25) is 5.91 Å². The van der Waals surface area contributed by atoms with E-state index in [2.05, 4.69) is 16.4 Å². The lowest BCUT2D eigenvalue weighted by Crippen LogP contribution is -2.36. The molecule has 1 aliphatic heterocycles. The van der Waals surface area contributed by atoms with Gasteiger partial charge in [-0.1, -0.05) is 11.8 Å². The zero-order valence-corrected chi connectivity index (χ0v) is 14.1. The first kappa shape index (κ1) is 16.8. The lowest BCUT2D eigenvalue weighted by atomic mass is 10.1. The Hall–Kier alpha value is -1.59. The van der Waals surface area contributed by atoms with Crippen molar-refractivity contribution < 1.29 is 13.2 Å². The predicted octanol–water partition coefficient (Wildman–Crippen LogP) is 0.966. The van der Waals surface area contributed by atoms with Crippen LogP contribution in [0.3, 0.4) is 0 Å². The number of hydrogen-bond acceptors (Lipinski definition) is 6. The third-order valence-corrected chi connectivity index (χ3v) is 6.10. The van der Waals surface area contributed by atoms with Crippen LogP contribution in [0.25, 0.3) is 0 Å². The van der Waals surface area contributed by atoms with Crippen molar-refractivity contribution in [1.29, 1.82) is 5.26 Å². The second-order valence-corrected chi connectivity index (χ2v) is 8.52. The highest BCUT2D eigenvalue weighted by Gasteiger charge is 2.28. The van der Waals surface area contributed by atoms with Crippen molar-refractivity contribution >= 4 is 27.5 Å². The Morgan fingerprint density at radius 3 is 2.86 bits per heavy atom. The molecule has 0 aromatic carbocycles. The van der Waals surface area contributed by atoms with E-state index in [1.54, 1.807) is 0 Å². The first-order chi connectivity index (χ1) is 10.3. The predicted molar refractivity (Wildman–Crippen MR) is 84.4 cm³/mol. The minimum Gasteiger partial charge on any atom is -0.352 e. The third-order valence-electron chi connectivity index (χ3n) is 3.36. The van der Waals surface area contributed by atoms with E-state index in [0.717, 1.165) is 11.3 Å². The second kappa shape index (κ2) is 6.67. The standard InChI is InChI=1S/C14H17N3O3S2/c1-9-5-10(2)16-14(12(9)6-15)21-7-13(18)17-11-3-4-22(19,20)8-11/h5,11H,3-4,7-8H2,1-2H3,(H,17,18). The molecule has 0 bridgehead atoms. The average molecular weight is 339 g/mol. The summed E-state index contributed by atoms with van der Waals surface area (Å²) in [5.41, 5.74) is 2.10. The first-order valence-corrected chi connectivity index (χ1v) is 9.62. The van der Waals surface area contributed by atoms with Crippen LogP contribution < -0.4 is 5.32 Å². The van der Waals surface area contributed by atoms with Crippen molar-refractivity contribution in [2.24, 2.45) is 0 Å². The number of thioether (sulfide) groups is 1. The Kier molecular flexibility index (Phi) is 5.08. The maximum Gasteiger partial charge on any atom is 0.230 e. The van der Waals surface area contributed by atoms with E-state index in [1.807, 2.05) is 19.9 Å². The maximum atomic E-state index is 11.9. The average Bonchev–Trinajstić information content (AvgIpc) is 2.75. The minimum absolute atomic E-state index is 0.00859. The van der Waals surface area contributed by atoms with Gasteiger partial charge in [-0.25, -0.2) is 13.4 Å². The molecule has 1 unspecified atom stereocenters. The molecule has 1 aromatic rings. The van der Waals surface area contributed by atoms with E-state index in [4.69, 9.17) is 0 Å². The van der Waals surface area contributed by atoms with E-state index in [-0.39, 0.29) is 29.2 Å². The molecule has 1 amide bonds. The van der Waals surface area contributed by atoms with Crippen LogP contribution in [-0.4, -0.2) is 42.6 Å². The van der Waals surface area contributed by atoms with Gasteiger partial charge in [0.1, 0.15) is 11.1 Å². The van der Waals surface area contributed by atoms with E-state index in [1.165, 1.54) is 11.8 Å². The van der Waals surface area contributed by atoms with Crippen molar-refractivity contribution in [2.75, 3.05) is 17.3 Å². The SMILES string of the molecule is Cc1cc(C)c(C#N)c(SCC(=O)NC2CCS(=O)(=O)C2)n1. The molecule has 22 heavy (non-hydrogen) atoms. The van der Waals surface area contributed by atoms with Crippen molar-refractivity contribution in [3.8, 4) is 6.07 Å². The Labute approximate surface area is 134 Å². The molecule has 6 nitrogen and oxygen atoms in total. The number of carbonyl (C=O) groups is 1. The van der Waals surface area contributed by atoms with E-state index in [9.17, 15) is 18.5 Å². The van der Waals surface area contributed by atoms with Crippen molar-refractivity contribution in [3.05, 3.63) is 22.9 Å². The van der Waals surface area contributed by atoms with Crippen LogP contribution in [0, 0.1) is 25.2 Å². The molecule has 1 aliphatic rings. The molecule has 2 rings (SSSR count). The first-order valence-electron chi connectivity index (χ1n) is 6.81. The van der Waals surface area contributed by atoms with Crippen LogP contribution in [-0.2, 0) is 14.6 Å². The number of aromatic nitrogens is 1. The van der Waals surface area contributed by atoms with E-state index >= 15 is 0 Å². The van der Waals surface area contributed by atoms with E-state index in [0.29, 0.717) is 17.0 Å². The molecule has 1 atom stereocenters. The summed E-state index contributed by atoms with van der Waals surface area (Å²) in [6.07, 6.45) is 0.462. The number of aryl methyl sites for hydroxylation is 2. The van der Waals surface area contributed by atoms with Gasteiger partial charge in [0.25, 0.3) is 0 Å². The summed E-state index contributed by atoms with van der Waals surface area (Å²) < 4.78 is 22.7. The van der Waals surface area contributed by atoms with Crippen LogP contribution >= 0.6 is 11.8 Å². The van der Waals surface area contributed by atoms with Gasteiger partial charge in [-0.3, -0.25) is 4.79 Å². The number of hydrogen-bond donors (Lipinski definition) is 1. The fourth-order valence-electron chi connectivity index (χ4n) is 2.36. The minimum atomic E-state index is -3.01. The van der Waals surface area contributed by atoms with Crippen molar-refractivity contribution in [3.63, 3.8) is 0 Å². The molecule has 1 saturated heterocycles. The topological polar surface area (TPSA) is 99.9 Å². The Morgan fingerprint density at radius 1 is 1.55 bits per heavy atom. The Balaban J connectivity index is 1.96. The summed E-state index contributed by atoms with van der Waals surface area (Å²) in [5.74, 6) is 0.00916. The smallest absolute Gasteiger partial charge is 0.230 e. The molecule has 0 spiro atoms. The quantitative estimate of drug-likeness (QED) is 0.820. The highest BCUT2D eigenvalue weighted by atomic mass is 32.2. The zero-order valence-electron chi connectivity index (χ0n) is 12.4. The Bertz CT molecular complexity index is 738. The van der Waals surface area contributed by atoms with Gasteiger partial charge in [-0.2, -0.15) is 5.26 Å². The molecule has 2 heterocycles. The number of amides is 1. The number of carbonyl (C=O) groups excluding carboxylic acids is 1. The highest BCUT2D eigenvalue weighted by molar-refractivity contribution is 8.00. The summed E-state index contributed by atoms with van der Waals surface area (Å²) in [7, 11) is -3.01. The molecular formula is C14H17N3O3S2. The molecule has 118 valence electrons. The normalized spacial score (nSPS) is 19.6. The fraction of sp³-hybridized carbons (Fsp3) is 0.500. The van der Waals surface area contributed by atoms with Gasteiger partial charge in [0.05, 0.1) is 22.8 Å². The molecule has 0 radical (unpaired) electrons. The molecule has 1 aromatic heterocycles. The molecule has 1 fully saturated rings. The molecule has 0 saturated carbocycles. The summed E-state index contributed by atoms with van der Waals surface area (Å²) >= 11 is 1.20. The summed E-state index contributed by atoms with van der Waals surface area (Å²) in [6.45, 7) is 3.67. The lowest BCUT2D eigenvalue weighted by molar-refractivity contribution is -0.119. The molecule has 0 aliphatic carbocycles. The second-order valence-electron chi connectivity index (χ2n) is 5.33. The van der Waals surface area contributed by atoms with Gasteiger partial charge >= 0.3 is 0 Å².